The molecule has 0 aliphatic rings. The molecule has 0 fully saturated rings. The predicted molar refractivity (Wildman–Crippen MR) is 82.1 cm³/mol. The van der Waals surface area contributed by atoms with Crippen LogP contribution in [0.1, 0.15) is 16.1 Å². The Morgan fingerprint density at radius 3 is 2.81 bits per heavy atom. The molecular weight excluding hydrogens is 341 g/mol. The van der Waals surface area contributed by atoms with E-state index in [4.69, 9.17) is 5.73 Å². The molecule has 0 spiro atoms. The number of rotatable bonds is 3. The van der Waals surface area contributed by atoms with Crippen LogP contribution in [0.5, 0.6) is 0 Å². The number of halogens is 2. The number of carbonyl (C=O) groups is 1. The SMILES string of the molecule is COC(=O)c1ccc(N)c(Nc2cc(Br)c(F)cc2C)n1. The van der Waals surface area contributed by atoms with Gasteiger partial charge in [-0.2, -0.15) is 0 Å². The van der Waals surface area contributed by atoms with E-state index in [9.17, 15) is 9.18 Å². The van der Waals surface area contributed by atoms with Gasteiger partial charge in [0.2, 0.25) is 0 Å². The average Bonchev–Trinajstić information content (AvgIpc) is 2.46. The van der Waals surface area contributed by atoms with Crippen molar-refractivity contribution in [2.45, 2.75) is 6.92 Å². The lowest BCUT2D eigenvalue weighted by Crippen LogP contribution is -2.08. The number of esters is 1. The number of hydrogen-bond donors (Lipinski definition) is 2. The third-order valence-corrected chi connectivity index (χ3v) is 3.45. The molecule has 2 rings (SSSR count). The zero-order valence-electron chi connectivity index (χ0n) is 11.4. The maximum Gasteiger partial charge on any atom is 0.356 e. The zero-order valence-corrected chi connectivity index (χ0v) is 13.0. The van der Waals surface area contributed by atoms with Gasteiger partial charge in [0.25, 0.3) is 0 Å². The minimum Gasteiger partial charge on any atom is -0.464 e. The van der Waals surface area contributed by atoms with E-state index in [1.54, 1.807) is 19.1 Å². The van der Waals surface area contributed by atoms with Crippen LogP contribution in [0.15, 0.2) is 28.7 Å². The molecule has 0 atom stereocenters. The van der Waals surface area contributed by atoms with Crippen molar-refractivity contribution < 1.29 is 13.9 Å². The Hall–Kier alpha value is -2.15. The summed E-state index contributed by atoms with van der Waals surface area (Å²) in [5.41, 5.74) is 7.64. The maximum atomic E-state index is 13.4. The zero-order chi connectivity index (χ0) is 15.6. The molecule has 2 aromatic rings. The van der Waals surface area contributed by atoms with Crippen LogP contribution in [0.4, 0.5) is 21.6 Å². The molecule has 21 heavy (non-hydrogen) atoms. The van der Waals surface area contributed by atoms with Crippen molar-refractivity contribution in [3.63, 3.8) is 0 Å². The van der Waals surface area contributed by atoms with Gasteiger partial charge in [0.15, 0.2) is 11.5 Å². The second-order valence-electron chi connectivity index (χ2n) is 4.33. The first-order chi connectivity index (χ1) is 9.92. The van der Waals surface area contributed by atoms with Crippen LogP contribution in [0.2, 0.25) is 0 Å². The predicted octanol–water partition coefficient (Wildman–Crippen LogP) is 3.40. The number of aryl methyl sites for hydroxylation is 1. The maximum absolute atomic E-state index is 13.4. The van der Waals surface area contributed by atoms with Crippen LogP contribution in [0, 0.1) is 12.7 Å². The lowest BCUT2D eigenvalue weighted by molar-refractivity contribution is 0.0594. The molecule has 0 saturated carbocycles. The number of nitrogen functional groups attached to an aromatic ring is 1. The van der Waals surface area contributed by atoms with Gasteiger partial charge in [0.05, 0.1) is 17.3 Å². The van der Waals surface area contributed by atoms with Crippen LogP contribution in [0.3, 0.4) is 0 Å². The summed E-state index contributed by atoms with van der Waals surface area (Å²) >= 11 is 3.12. The van der Waals surface area contributed by atoms with Gasteiger partial charge in [-0.15, -0.1) is 0 Å². The minimum atomic E-state index is -0.560. The molecule has 1 heterocycles. The normalized spacial score (nSPS) is 10.3. The second-order valence-corrected chi connectivity index (χ2v) is 5.19. The van der Waals surface area contributed by atoms with Crippen molar-refractivity contribution in [1.82, 2.24) is 4.98 Å². The van der Waals surface area contributed by atoms with Gasteiger partial charge in [0, 0.05) is 5.69 Å². The van der Waals surface area contributed by atoms with Crippen molar-refractivity contribution in [1.29, 1.82) is 0 Å². The number of pyridine rings is 1. The molecule has 3 N–H and O–H groups in total. The van der Waals surface area contributed by atoms with Crippen molar-refractivity contribution in [2.24, 2.45) is 0 Å². The van der Waals surface area contributed by atoms with E-state index in [1.807, 2.05) is 0 Å². The summed E-state index contributed by atoms with van der Waals surface area (Å²) in [6.45, 7) is 1.75. The number of nitrogens with zero attached hydrogens (tertiary/aromatic N) is 1. The van der Waals surface area contributed by atoms with Crippen LogP contribution < -0.4 is 11.1 Å². The van der Waals surface area contributed by atoms with Gasteiger partial charge in [-0.3, -0.25) is 0 Å². The third kappa shape index (κ3) is 3.30. The molecule has 0 amide bonds. The number of nitrogens with one attached hydrogen (secondary N) is 1. The van der Waals surface area contributed by atoms with E-state index in [1.165, 1.54) is 19.2 Å². The summed E-state index contributed by atoms with van der Waals surface area (Å²) in [4.78, 5) is 15.6. The highest BCUT2D eigenvalue weighted by atomic mass is 79.9. The topological polar surface area (TPSA) is 77.2 Å². The van der Waals surface area contributed by atoms with Gasteiger partial charge in [-0.1, -0.05) is 0 Å². The summed E-state index contributed by atoms with van der Waals surface area (Å²) < 4.78 is 18.3. The monoisotopic (exact) mass is 353 g/mol. The van der Waals surface area contributed by atoms with Crippen LogP contribution in [-0.4, -0.2) is 18.1 Å². The van der Waals surface area contributed by atoms with Crippen molar-refractivity contribution in [2.75, 3.05) is 18.2 Å². The number of carbonyl (C=O) groups excluding carboxylic acids is 1. The fourth-order valence-corrected chi connectivity index (χ4v) is 2.04. The molecule has 1 aromatic carbocycles. The molecule has 7 heteroatoms. The Bertz CT molecular complexity index is 707. The van der Waals surface area contributed by atoms with Crippen LogP contribution in [-0.2, 0) is 4.74 Å². The van der Waals surface area contributed by atoms with Crippen molar-refractivity contribution >= 4 is 39.1 Å². The van der Waals surface area contributed by atoms with Crippen LogP contribution in [0.25, 0.3) is 0 Å². The summed E-state index contributed by atoms with van der Waals surface area (Å²) in [5, 5.41) is 2.99. The lowest BCUT2D eigenvalue weighted by Gasteiger charge is -2.12. The van der Waals surface area contributed by atoms with E-state index >= 15 is 0 Å². The quantitative estimate of drug-likeness (QED) is 0.826. The molecule has 0 saturated heterocycles. The highest BCUT2D eigenvalue weighted by molar-refractivity contribution is 9.10. The number of nitrogens with two attached hydrogens (primary N) is 1. The van der Waals surface area contributed by atoms with Crippen molar-refractivity contribution in [3.05, 3.63) is 45.8 Å². The standard InChI is InChI=1S/C14H13BrFN3O2/c1-7-5-9(16)8(15)6-12(7)19-13-10(17)3-4-11(18-13)14(20)21-2/h3-6H,17H2,1-2H3,(H,18,19). The van der Waals surface area contributed by atoms with E-state index in [-0.39, 0.29) is 11.5 Å². The first-order valence-electron chi connectivity index (χ1n) is 6.00. The fraction of sp³-hybridized carbons (Fsp3) is 0.143. The van der Waals surface area contributed by atoms with E-state index in [2.05, 4.69) is 31.0 Å². The largest absolute Gasteiger partial charge is 0.464 e. The first-order valence-corrected chi connectivity index (χ1v) is 6.79. The number of benzene rings is 1. The minimum absolute atomic E-state index is 0.132. The molecule has 0 aliphatic heterocycles. The fourth-order valence-electron chi connectivity index (χ4n) is 1.70. The summed E-state index contributed by atoms with van der Waals surface area (Å²) in [6.07, 6.45) is 0. The third-order valence-electron chi connectivity index (χ3n) is 2.84. The number of methoxy groups -OCH3 is 1. The molecule has 0 aliphatic carbocycles. The van der Waals surface area contributed by atoms with Crippen LogP contribution >= 0.6 is 15.9 Å². The molecule has 0 unspecified atom stereocenters. The smallest absolute Gasteiger partial charge is 0.356 e. The van der Waals surface area contributed by atoms with Gasteiger partial charge in [0.1, 0.15) is 5.82 Å². The molecule has 1 aromatic heterocycles. The highest BCUT2D eigenvalue weighted by Gasteiger charge is 2.12. The van der Waals surface area contributed by atoms with Gasteiger partial charge >= 0.3 is 5.97 Å². The average molecular weight is 354 g/mol. The van der Waals surface area contributed by atoms with Crippen molar-refractivity contribution in [3.8, 4) is 0 Å². The number of aromatic nitrogens is 1. The molecule has 5 nitrogen and oxygen atoms in total. The first kappa shape index (κ1) is 15.2. The lowest BCUT2D eigenvalue weighted by atomic mass is 10.2. The van der Waals surface area contributed by atoms with Gasteiger partial charge in [-0.25, -0.2) is 14.2 Å². The number of hydrogen-bond acceptors (Lipinski definition) is 5. The van der Waals surface area contributed by atoms with Gasteiger partial charge < -0.3 is 15.8 Å². The Labute approximate surface area is 129 Å². The Kier molecular flexibility index (Phi) is 4.42. The number of ether oxygens (including phenoxy) is 1. The number of anilines is 3. The van der Waals surface area contributed by atoms with Gasteiger partial charge in [-0.05, 0) is 52.7 Å². The molecule has 0 radical (unpaired) electrons. The Morgan fingerprint density at radius 2 is 2.14 bits per heavy atom. The molecule has 0 bridgehead atoms. The summed E-state index contributed by atoms with van der Waals surface area (Å²) in [5.74, 6) is -0.614. The van der Waals surface area contributed by atoms with E-state index in [0.29, 0.717) is 27.2 Å². The summed E-state index contributed by atoms with van der Waals surface area (Å²) in [6, 6.07) is 5.98. The molecular formula is C14H13BrFN3O2. The van der Waals surface area contributed by atoms with E-state index in [0.717, 1.165) is 0 Å². The highest BCUT2D eigenvalue weighted by Crippen LogP contribution is 2.28. The Balaban J connectivity index is 2.39. The van der Waals surface area contributed by atoms with E-state index < -0.39 is 5.97 Å². The molecule has 110 valence electrons. The second kappa shape index (κ2) is 6.09. The Morgan fingerprint density at radius 1 is 1.43 bits per heavy atom. The summed E-state index contributed by atoms with van der Waals surface area (Å²) in [7, 11) is 1.27.